The molecule has 2 aromatic heterocycles. The number of anilines is 1. The lowest BCUT2D eigenvalue weighted by Crippen LogP contribution is -2.12. The van der Waals surface area contributed by atoms with E-state index in [1.807, 2.05) is 6.92 Å². The third-order valence-electron chi connectivity index (χ3n) is 2.54. The summed E-state index contributed by atoms with van der Waals surface area (Å²) in [6.07, 6.45) is 7.76. The quantitative estimate of drug-likeness (QED) is 0.828. The van der Waals surface area contributed by atoms with Crippen molar-refractivity contribution in [3.05, 3.63) is 42.2 Å². The van der Waals surface area contributed by atoms with Gasteiger partial charge in [-0.15, -0.1) is 0 Å². The summed E-state index contributed by atoms with van der Waals surface area (Å²) in [7, 11) is 0. The summed E-state index contributed by atoms with van der Waals surface area (Å²) in [6.45, 7) is 3.99. The molecule has 7 heteroatoms. The molecule has 20 heavy (non-hydrogen) atoms. The van der Waals surface area contributed by atoms with Crippen LogP contribution < -0.4 is 5.32 Å². The van der Waals surface area contributed by atoms with E-state index in [0.717, 1.165) is 5.69 Å². The average molecular weight is 273 g/mol. The SMILES string of the molecule is CCOC(=O)c1cnc(N[C@@H](C)c2cnccn2)nc1. The molecule has 0 saturated heterocycles. The lowest BCUT2D eigenvalue weighted by Gasteiger charge is -2.12. The van der Waals surface area contributed by atoms with E-state index in [2.05, 4.69) is 25.3 Å². The molecule has 2 aromatic rings. The van der Waals surface area contributed by atoms with E-state index in [4.69, 9.17) is 4.74 Å². The van der Waals surface area contributed by atoms with E-state index in [1.54, 1.807) is 25.5 Å². The molecule has 0 aliphatic rings. The number of hydrogen-bond acceptors (Lipinski definition) is 7. The first-order chi connectivity index (χ1) is 9.70. The van der Waals surface area contributed by atoms with Gasteiger partial charge in [0, 0.05) is 24.8 Å². The molecular weight excluding hydrogens is 258 g/mol. The van der Waals surface area contributed by atoms with Crippen molar-refractivity contribution in [3.8, 4) is 0 Å². The molecule has 0 aliphatic carbocycles. The fourth-order valence-corrected chi connectivity index (χ4v) is 1.52. The zero-order valence-electron chi connectivity index (χ0n) is 11.3. The topological polar surface area (TPSA) is 89.9 Å². The lowest BCUT2D eigenvalue weighted by atomic mass is 10.2. The van der Waals surface area contributed by atoms with Crippen LogP contribution in [0.1, 0.15) is 35.9 Å². The number of rotatable bonds is 5. The second-order valence-electron chi connectivity index (χ2n) is 4.01. The van der Waals surface area contributed by atoms with Crippen molar-refractivity contribution < 1.29 is 9.53 Å². The number of hydrogen-bond donors (Lipinski definition) is 1. The third kappa shape index (κ3) is 3.47. The molecule has 1 N–H and O–H groups in total. The fraction of sp³-hybridized carbons (Fsp3) is 0.308. The van der Waals surface area contributed by atoms with Crippen molar-refractivity contribution in [2.45, 2.75) is 19.9 Å². The van der Waals surface area contributed by atoms with Gasteiger partial charge in [-0.2, -0.15) is 0 Å². The van der Waals surface area contributed by atoms with Gasteiger partial charge in [-0.25, -0.2) is 14.8 Å². The molecule has 7 nitrogen and oxygen atoms in total. The number of ether oxygens (including phenoxy) is 1. The normalized spacial score (nSPS) is 11.7. The summed E-state index contributed by atoms with van der Waals surface area (Å²) < 4.78 is 4.86. The predicted molar refractivity (Wildman–Crippen MR) is 72.1 cm³/mol. The van der Waals surface area contributed by atoms with Crippen LogP contribution in [-0.2, 0) is 4.74 Å². The highest BCUT2D eigenvalue weighted by molar-refractivity contribution is 5.88. The highest BCUT2D eigenvalue weighted by atomic mass is 16.5. The Morgan fingerprint density at radius 1 is 1.25 bits per heavy atom. The zero-order chi connectivity index (χ0) is 14.4. The molecule has 2 rings (SSSR count). The van der Waals surface area contributed by atoms with E-state index < -0.39 is 5.97 Å². The Kier molecular flexibility index (Phi) is 4.54. The Morgan fingerprint density at radius 3 is 2.60 bits per heavy atom. The van der Waals surface area contributed by atoms with Crippen LogP contribution in [0.4, 0.5) is 5.95 Å². The fourth-order valence-electron chi connectivity index (χ4n) is 1.52. The summed E-state index contributed by atoms with van der Waals surface area (Å²) in [5, 5.41) is 3.08. The molecule has 0 saturated carbocycles. The van der Waals surface area contributed by atoms with Gasteiger partial charge < -0.3 is 10.1 Å². The van der Waals surface area contributed by atoms with Gasteiger partial charge in [0.2, 0.25) is 5.95 Å². The Morgan fingerprint density at radius 2 is 2.00 bits per heavy atom. The monoisotopic (exact) mass is 273 g/mol. The summed E-state index contributed by atoms with van der Waals surface area (Å²) >= 11 is 0. The largest absolute Gasteiger partial charge is 0.462 e. The van der Waals surface area contributed by atoms with Crippen LogP contribution in [0.15, 0.2) is 31.0 Å². The first-order valence-electron chi connectivity index (χ1n) is 6.22. The lowest BCUT2D eigenvalue weighted by molar-refractivity contribution is 0.0525. The highest BCUT2D eigenvalue weighted by Crippen LogP contribution is 2.13. The first kappa shape index (κ1) is 13.9. The number of nitrogens with one attached hydrogen (secondary N) is 1. The average Bonchev–Trinajstić information content (AvgIpc) is 2.49. The minimum Gasteiger partial charge on any atom is -0.462 e. The molecule has 0 bridgehead atoms. The predicted octanol–water partition coefficient (Wildman–Crippen LogP) is 1.62. The molecule has 0 unspecified atom stereocenters. The third-order valence-corrected chi connectivity index (χ3v) is 2.54. The first-order valence-corrected chi connectivity index (χ1v) is 6.22. The molecule has 0 radical (unpaired) electrons. The van der Waals surface area contributed by atoms with Crippen molar-refractivity contribution >= 4 is 11.9 Å². The minimum absolute atomic E-state index is 0.0860. The standard InChI is InChI=1S/C13H15N5O2/c1-3-20-12(19)10-6-16-13(17-7-10)18-9(2)11-8-14-4-5-15-11/h4-9H,3H2,1-2H3,(H,16,17,18)/t9-/m0/s1. The minimum atomic E-state index is -0.430. The van der Waals surface area contributed by atoms with E-state index in [-0.39, 0.29) is 6.04 Å². The molecule has 1 atom stereocenters. The van der Waals surface area contributed by atoms with Crippen molar-refractivity contribution in [1.82, 2.24) is 19.9 Å². The van der Waals surface area contributed by atoms with Gasteiger partial charge in [0.15, 0.2) is 0 Å². The number of esters is 1. The molecule has 0 aromatic carbocycles. The molecule has 0 fully saturated rings. The van der Waals surface area contributed by atoms with Crippen LogP contribution in [0, 0.1) is 0 Å². The smallest absolute Gasteiger partial charge is 0.341 e. The number of carbonyl (C=O) groups excluding carboxylic acids is 1. The second-order valence-corrected chi connectivity index (χ2v) is 4.01. The Labute approximate surface area is 116 Å². The maximum absolute atomic E-state index is 11.5. The summed E-state index contributed by atoms with van der Waals surface area (Å²) in [5.41, 5.74) is 1.11. The summed E-state index contributed by atoms with van der Waals surface area (Å²) in [5.74, 6) is -0.0165. The second kappa shape index (κ2) is 6.55. The summed E-state index contributed by atoms with van der Waals surface area (Å²) in [4.78, 5) is 27.8. The number of nitrogens with zero attached hydrogens (tertiary/aromatic N) is 4. The van der Waals surface area contributed by atoms with Crippen LogP contribution in [0.25, 0.3) is 0 Å². The molecule has 0 spiro atoms. The Bertz CT molecular complexity index is 559. The molecule has 0 amide bonds. The zero-order valence-corrected chi connectivity index (χ0v) is 11.3. The van der Waals surface area contributed by atoms with Crippen LogP contribution in [0.3, 0.4) is 0 Å². The van der Waals surface area contributed by atoms with Gasteiger partial charge in [0.05, 0.1) is 30.1 Å². The molecular formula is C13H15N5O2. The van der Waals surface area contributed by atoms with Gasteiger partial charge in [-0.1, -0.05) is 0 Å². The number of aromatic nitrogens is 4. The Balaban J connectivity index is 2.02. The van der Waals surface area contributed by atoms with Crippen molar-refractivity contribution in [2.24, 2.45) is 0 Å². The van der Waals surface area contributed by atoms with Crippen molar-refractivity contribution in [3.63, 3.8) is 0 Å². The summed E-state index contributed by atoms with van der Waals surface area (Å²) in [6, 6.07) is -0.0860. The van der Waals surface area contributed by atoms with Gasteiger partial charge in [0.1, 0.15) is 0 Å². The van der Waals surface area contributed by atoms with Crippen molar-refractivity contribution in [1.29, 1.82) is 0 Å². The van der Waals surface area contributed by atoms with Gasteiger partial charge in [-0.3, -0.25) is 9.97 Å². The van der Waals surface area contributed by atoms with Crippen molar-refractivity contribution in [2.75, 3.05) is 11.9 Å². The number of carbonyl (C=O) groups is 1. The maximum Gasteiger partial charge on any atom is 0.341 e. The van der Waals surface area contributed by atoms with Crippen LogP contribution in [-0.4, -0.2) is 32.5 Å². The van der Waals surface area contributed by atoms with E-state index in [1.165, 1.54) is 12.4 Å². The van der Waals surface area contributed by atoms with Crippen LogP contribution in [0.2, 0.25) is 0 Å². The van der Waals surface area contributed by atoms with E-state index in [9.17, 15) is 4.79 Å². The maximum atomic E-state index is 11.5. The van der Waals surface area contributed by atoms with Gasteiger partial charge >= 0.3 is 5.97 Å². The van der Waals surface area contributed by atoms with Gasteiger partial charge in [0.25, 0.3) is 0 Å². The van der Waals surface area contributed by atoms with E-state index in [0.29, 0.717) is 18.1 Å². The molecule has 0 aliphatic heterocycles. The van der Waals surface area contributed by atoms with Crippen LogP contribution in [0.5, 0.6) is 0 Å². The Hall–Kier alpha value is -2.57. The molecule has 104 valence electrons. The van der Waals surface area contributed by atoms with Crippen LogP contribution >= 0.6 is 0 Å². The van der Waals surface area contributed by atoms with E-state index >= 15 is 0 Å². The highest BCUT2D eigenvalue weighted by Gasteiger charge is 2.10. The van der Waals surface area contributed by atoms with Gasteiger partial charge in [-0.05, 0) is 13.8 Å². The molecule has 2 heterocycles.